The summed E-state index contributed by atoms with van der Waals surface area (Å²) in [6, 6.07) is 12.4. The Hall–Kier alpha value is -2.60. The number of halogens is 1. The molecule has 0 aliphatic carbocycles. The van der Waals surface area contributed by atoms with Crippen LogP contribution in [-0.2, 0) is 9.59 Å². The predicted molar refractivity (Wildman–Crippen MR) is 94.5 cm³/mol. The van der Waals surface area contributed by atoms with Crippen LogP contribution in [0, 0.1) is 5.82 Å². The second-order valence-corrected chi connectivity index (χ2v) is 5.68. The number of benzene rings is 2. The zero-order valence-electron chi connectivity index (χ0n) is 13.0. The van der Waals surface area contributed by atoms with Gasteiger partial charge in [-0.15, -0.1) is 0 Å². The molecule has 0 radical (unpaired) electrons. The summed E-state index contributed by atoms with van der Waals surface area (Å²) in [5, 5.41) is 2.73. The summed E-state index contributed by atoms with van der Waals surface area (Å²) in [5.74, 6) is -0.304. The minimum atomic E-state index is -0.571. The fourth-order valence-electron chi connectivity index (χ4n) is 1.86. The smallest absolute Gasteiger partial charge is 0.336 e. The van der Waals surface area contributed by atoms with E-state index < -0.39 is 5.97 Å². The molecule has 4 nitrogen and oxygen atoms in total. The molecule has 0 saturated carbocycles. The van der Waals surface area contributed by atoms with E-state index in [1.54, 1.807) is 36.4 Å². The van der Waals surface area contributed by atoms with Crippen LogP contribution in [0.4, 0.5) is 10.1 Å². The SMILES string of the molecule is CSCC(=O)Nc1ccc(OC(=O)C=Cc2cccc(F)c2)cc1. The summed E-state index contributed by atoms with van der Waals surface area (Å²) < 4.78 is 18.2. The van der Waals surface area contributed by atoms with Crippen LogP contribution >= 0.6 is 11.8 Å². The van der Waals surface area contributed by atoms with Gasteiger partial charge in [-0.25, -0.2) is 9.18 Å². The van der Waals surface area contributed by atoms with Crippen molar-refractivity contribution in [1.29, 1.82) is 0 Å². The monoisotopic (exact) mass is 345 g/mol. The maximum absolute atomic E-state index is 13.0. The summed E-state index contributed by atoms with van der Waals surface area (Å²) in [7, 11) is 0. The quantitative estimate of drug-likeness (QED) is 0.492. The van der Waals surface area contributed by atoms with Gasteiger partial charge in [0.1, 0.15) is 11.6 Å². The molecule has 1 amide bonds. The number of hydrogen-bond acceptors (Lipinski definition) is 4. The van der Waals surface area contributed by atoms with Gasteiger partial charge in [-0.3, -0.25) is 4.79 Å². The normalized spacial score (nSPS) is 10.6. The number of hydrogen-bond donors (Lipinski definition) is 1. The van der Waals surface area contributed by atoms with Crippen LogP contribution in [0.15, 0.2) is 54.6 Å². The molecule has 6 heteroatoms. The van der Waals surface area contributed by atoms with E-state index in [1.807, 2.05) is 6.26 Å². The van der Waals surface area contributed by atoms with Gasteiger partial charge in [0.2, 0.25) is 5.91 Å². The molecule has 0 aliphatic rings. The lowest BCUT2D eigenvalue weighted by Gasteiger charge is -2.05. The van der Waals surface area contributed by atoms with Crippen molar-refractivity contribution in [3.8, 4) is 5.75 Å². The molecule has 124 valence electrons. The van der Waals surface area contributed by atoms with Gasteiger partial charge in [0.15, 0.2) is 0 Å². The Labute approximate surface area is 143 Å². The molecule has 2 aromatic carbocycles. The number of amides is 1. The summed E-state index contributed by atoms with van der Waals surface area (Å²) in [6.45, 7) is 0. The van der Waals surface area contributed by atoms with E-state index in [4.69, 9.17) is 4.74 Å². The number of nitrogens with one attached hydrogen (secondary N) is 1. The van der Waals surface area contributed by atoms with Crippen molar-refractivity contribution in [2.24, 2.45) is 0 Å². The Morgan fingerprint density at radius 1 is 1.21 bits per heavy atom. The third kappa shape index (κ3) is 5.89. The highest BCUT2D eigenvalue weighted by molar-refractivity contribution is 7.99. The van der Waals surface area contributed by atoms with Gasteiger partial charge < -0.3 is 10.1 Å². The minimum absolute atomic E-state index is 0.0923. The van der Waals surface area contributed by atoms with Crippen LogP contribution in [0.5, 0.6) is 5.75 Å². The molecule has 1 N–H and O–H groups in total. The van der Waals surface area contributed by atoms with Gasteiger partial charge in [0.25, 0.3) is 0 Å². The van der Waals surface area contributed by atoms with E-state index in [2.05, 4.69) is 5.32 Å². The van der Waals surface area contributed by atoms with E-state index in [0.29, 0.717) is 22.8 Å². The average Bonchev–Trinajstić information content (AvgIpc) is 2.55. The van der Waals surface area contributed by atoms with Gasteiger partial charge in [0.05, 0.1) is 5.75 Å². The van der Waals surface area contributed by atoms with Gasteiger partial charge in [-0.2, -0.15) is 11.8 Å². The number of ether oxygens (including phenoxy) is 1. The lowest BCUT2D eigenvalue weighted by Crippen LogP contribution is -2.13. The van der Waals surface area contributed by atoms with Crippen LogP contribution < -0.4 is 10.1 Å². The summed E-state index contributed by atoms with van der Waals surface area (Å²) in [4.78, 5) is 23.2. The Bertz CT molecular complexity index is 744. The van der Waals surface area contributed by atoms with E-state index in [0.717, 1.165) is 0 Å². The van der Waals surface area contributed by atoms with Gasteiger partial charge in [-0.05, 0) is 54.3 Å². The molecule has 0 aromatic heterocycles. The zero-order valence-corrected chi connectivity index (χ0v) is 13.8. The summed E-state index contributed by atoms with van der Waals surface area (Å²) in [5.41, 5.74) is 1.20. The Morgan fingerprint density at radius 2 is 1.96 bits per heavy atom. The van der Waals surface area contributed by atoms with Gasteiger partial charge >= 0.3 is 5.97 Å². The Morgan fingerprint density at radius 3 is 2.62 bits per heavy atom. The molecule has 24 heavy (non-hydrogen) atoms. The first kappa shape index (κ1) is 17.7. The number of esters is 1. The topological polar surface area (TPSA) is 55.4 Å². The zero-order chi connectivity index (χ0) is 17.4. The number of anilines is 1. The predicted octanol–water partition coefficient (Wildman–Crippen LogP) is 3.75. The fourth-order valence-corrected chi connectivity index (χ4v) is 2.19. The van der Waals surface area contributed by atoms with E-state index >= 15 is 0 Å². The number of carbonyl (C=O) groups is 2. The highest BCUT2D eigenvalue weighted by Crippen LogP contribution is 2.16. The molecule has 0 aliphatic heterocycles. The molecule has 2 aromatic rings. The third-order valence-corrected chi connectivity index (χ3v) is 3.44. The lowest BCUT2D eigenvalue weighted by molar-refractivity contribution is -0.128. The van der Waals surface area contributed by atoms with Crippen LogP contribution in [-0.4, -0.2) is 23.9 Å². The molecular weight excluding hydrogens is 329 g/mol. The molecule has 0 fully saturated rings. The number of carbonyl (C=O) groups excluding carboxylic acids is 2. The van der Waals surface area contributed by atoms with Crippen LogP contribution in [0.1, 0.15) is 5.56 Å². The molecular formula is C18H16FNO3S. The highest BCUT2D eigenvalue weighted by atomic mass is 32.2. The van der Waals surface area contributed by atoms with E-state index in [9.17, 15) is 14.0 Å². The molecule has 2 rings (SSSR count). The van der Waals surface area contributed by atoms with Gasteiger partial charge in [-0.1, -0.05) is 12.1 Å². The van der Waals surface area contributed by atoms with Crippen molar-refractivity contribution in [2.75, 3.05) is 17.3 Å². The molecule has 0 saturated heterocycles. The molecule has 0 spiro atoms. The number of rotatable bonds is 6. The molecule has 0 heterocycles. The van der Waals surface area contributed by atoms with E-state index in [1.165, 1.54) is 36.0 Å². The standard InChI is InChI=1S/C18H16FNO3S/c1-24-12-17(21)20-15-6-8-16(9-7-15)23-18(22)10-5-13-3-2-4-14(19)11-13/h2-11H,12H2,1H3,(H,20,21). The molecule has 0 atom stereocenters. The van der Waals surface area contributed by atoms with Crippen molar-refractivity contribution in [2.45, 2.75) is 0 Å². The second-order valence-electron chi connectivity index (χ2n) is 4.82. The van der Waals surface area contributed by atoms with Crippen molar-refractivity contribution in [1.82, 2.24) is 0 Å². The van der Waals surface area contributed by atoms with E-state index in [-0.39, 0.29) is 11.7 Å². The summed E-state index contributed by atoms with van der Waals surface area (Å²) >= 11 is 1.43. The van der Waals surface area contributed by atoms with Crippen LogP contribution in [0.25, 0.3) is 6.08 Å². The van der Waals surface area contributed by atoms with Gasteiger partial charge in [0, 0.05) is 11.8 Å². The highest BCUT2D eigenvalue weighted by Gasteiger charge is 2.03. The Kier molecular flexibility index (Phi) is 6.57. The minimum Gasteiger partial charge on any atom is -0.423 e. The largest absolute Gasteiger partial charge is 0.423 e. The molecule has 0 bridgehead atoms. The van der Waals surface area contributed by atoms with Crippen molar-refractivity contribution < 1.29 is 18.7 Å². The average molecular weight is 345 g/mol. The number of thioether (sulfide) groups is 1. The second kappa shape index (κ2) is 8.88. The van der Waals surface area contributed by atoms with Crippen LogP contribution in [0.3, 0.4) is 0 Å². The lowest BCUT2D eigenvalue weighted by atomic mass is 10.2. The maximum atomic E-state index is 13.0. The van der Waals surface area contributed by atoms with Crippen molar-refractivity contribution in [3.05, 3.63) is 66.0 Å². The summed E-state index contributed by atoms with van der Waals surface area (Å²) in [6.07, 6.45) is 4.55. The first-order chi connectivity index (χ1) is 11.6. The maximum Gasteiger partial charge on any atom is 0.336 e. The van der Waals surface area contributed by atoms with Crippen LogP contribution in [0.2, 0.25) is 0 Å². The van der Waals surface area contributed by atoms with Crippen molar-refractivity contribution in [3.63, 3.8) is 0 Å². The molecule has 0 unspecified atom stereocenters. The first-order valence-corrected chi connectivity index (χ1v) is 8.50. The third-order valence-electron chi connectivity index (χ3n) is 2.89. The van der Waals surface area contributed by atoms with Crippen molar-refractivity contribution >= 4 is 35.4 Å². The first-order valence-electron chi connectivity index (χ1n) is 7.11. The fraction of sp³-hybridized carbons (Fsp3) is 0.111. The Balaban J connectivity index is 1.91.